The SMILES string of the molecule is CCS(=O)(=O)c1cccc(C(=O)N2CCNCC2)c1. The van der Waals surface area contributed by atoms with Gasteiger partial charge in [0.1, 0.15) is 0 Å². The first-order chi connectivity index (χ1) is 9.04. The van der Waals surface area contributed by atoms with Crippen LogP contribution in [-0.4, -0.2) is 51.2 Å². The van der Waals surface area contributed by atoms with Gasteiger partial charge in [0, 0.05) is 31.7 Å². The molecule has 6 heteroatoms. The van der Waals surface area contributed by atoms with Gasteiger partial charge in [0.2, 0.25) is 0 Å². The van der Waals surface area contributed by atoms with Crippen molar-refractivity contribution in [3.8, 4) is 0 Å². The summed E-state index contributed by atoms with van der Waals surface area (Å²) in [6.07, 6.45) is 0. The van der Waals surface area contributed by atoms with Crippen LogP contribution in [0.5, 0.6) is 0 Å². The molecule has 0 aliphatic carbocycles. The van der Waals surface area contributed by atoms with Gasteiger partial charge in [-0.15, -0.1) is 0 Å². The van der Waals surface area contributed by atoms with Crippen LogP contribution in [0.4, 0.5) is 0 Å². The van der Waals surface area contributed by atoms with E-state index < -0.39 is 9.84 Å². The van der Waals surface area contributed by atoms with Crippen LogP contribution in [0.2, 0.25) is 0 Å². The van der Waals surface area contributed by atoms with Gasteiger partial charge in [-0.05, 0) is 18.2 Å². The number of piperazine rings is 1. The molecule has 1 saturated heterocycles. The average Bonchev–Trinajstić information content (AvgIpc) is 2.47. The normalized spacial score (nSPS) is 16.4. The Morgan fingerprint density at radius 2 is 2.00 bits per heavy atom. The predicted molar refractivity (Wildman–Crippen MR) is 72.9 cm³/mol. The zero-order chi connectivity index (χ0) is 13.9. The van der Waals surface area contributed by atoms with Crippen molar-refractivity contribution in [3.63, 3.8) is 0 Å². The highest BCUT2D eigenvalue weighted by atomic mass is 32.2. The van der Waals surface area contributed by atoms with E-state index in [0.29, 0.717) is 18.7 Å². The zero-order valence-electron chi connectivity index (χ0n) is 10.9. The number of carbonyl (C=O) groups excluding carboxylic acids is 1. The van der Waals surface area contributed by atoms with E-state index in [2.05, 4.69) is 5.32 Å². The highest BCUT2D eigenvalue weighted by molar-refractivity contribution is 7.91. The van der Waals surface area contributed by atoms with Crippen LogP contribution >= 0.6 is 0 Å². The molecule has 0 spiro atoms. The van der Waals surface area contributed by atoms with Gasteiger partial charge < -0.3 is 10.2 Å². The molecule has 0 aromatic heterocycles. The molecule has 0 saturated carbocycles. The van der Waals surface area contributed by atoms with Crippen LogP contribution in [0.1, 0.15) is 17.3 Å². The van der Waals surface area contributed by atoms with E-state index in [0.717, 1.165) is 13.1 Å². The predicted octanol–water partition coefficient (Wildman–Crippen LogP) is 0.526. The second-order valence-electron chi connectivity index (χ2n) is 4.47. The number of nitrogens with one attached hydrogen (secondary N) is 1. The summed E-state index contributed by atoms with van der Waals surface area (Å²) in [6.45, 7) is 4.46. The van der Waals surface area contributed by atoms with Gasteiger partial charge in [0.15, 0.2) is 9.84 Å². The van der Waals surface area contributed by atoms with E-state index in [1.54, 1.807) is 24.0 Å². The van der Waals surface area contributed by atoms with E-state index >= 15 is 0 Å². The molecular formula is C13H18N2O3S. The molecule has 1 aromatic carbocycles. The minimum atomic E-state index is -3.27. The summed E-state index contributed by atoms with van der Waals surface area (Å²) < 4.78 is 23.6. The van der Waals surface area contributed by atoms with Crippen molar-refractivity contribution in [3.05, 3.63) is 29.8 Å². The van der Waals surface area contributed by atoms with Crippen molar-refractivity contribution in [1.82, 2.24) is 10.2 Å². The van der Waals surface area contributed by atoms with Crippen molar-refractivity contribution in [2.45, 2.75) is 11.8 Å². The Labute approximate surface area is 113 Å². The number of hydrogen-bond acceptors (Lipinski definition) is 4. The van der Waals surface area contributed by atoms with Crippen molar-refractivity contribution in [2.75, 3.05) is 31.9 Å². The van der Waals surface area contributed by atoms with Gasteiger partial charge >= 0.3 is 0 Å². The van der Waals surface area contributed by atoms with Gasteiger partial charge in [-0.1, -0.05) is 13.0 Å². The van der Waals surface area contributed by atoms with Gasteiger partial charge in [-0.2, -0.15) is 0 Å². The quantitative estimate of drug-likeness (QED) is 0.878. The van der Waals surface area contributed by atoms with Crippen molar-refractivity contribution in [1.29, 1.82) is 0 Å². The van der Waals surface area contributed by atoms with Gasteiger partial charge in [-0.3, -0.25) is 4.79 Å². The lowest BCUT2D eigenvalue weighted by Gasteiger charge is -2.27. The fraction of sp³-hybridized carbons (Fsp3) is 0.462. The molecule has 0 unspecified atom stereocenters. The van der Waals surface area contributed by atoms with Crippen molar-refractivity contribution >= 4 is 15.7 Å². The summed E-state index contributed by atoms with van der Waals surface area (Å²) in [7, 11) is -3.27. The Bertz CT molecular complexity index is 563. The number of nitrogens with zero attached hydrogens (tertiary/aromatic N) is 1. The molecule has 1 aromatic rings. The summed E-state index contributed by atoms with van der Waals surface area (Å²) in [5.74, 6) is -0.0622. The first-order valence-corrected chi connectivity index (χ1v) is 8.02. The van der Waals surface area contributed by atoms with Crippen LogP contribution in [0, 0.1) is 0 Å². The molecule has 0 bridgehead atoms. The number of hydrogen-bond donors (Lipinski definition) is 1. The van der Waals surface area contributed by atoms with Crippen LogP contribution < -0.4 is 5.32 Å². The van der Waals surface area contributed by atoms with Crippen LogP contribution in [0.3, 0.4) is 0 Å². The molecule has 1 aliphatic heterocycles. The highest BCUT2D eigenvalue weighted by Gasteiger charge is 2.20. The van der Waals surface area contributed by atoms with E-state index in [9.17, 15) is 13.2 Å². The Hall–Kier alpha value is -1.40. The lowest BCUT2D eigenvalue weighted by atomic mass is 10.2. The Kier molecular flexibility index (Phi) is 4.21. The molecule has 0 atom stereocenters. The Morgan fingerprint density at radius 1 is 1.32 bits per heavy atom. The minimum Gasteiger partial charge on any atom is -0.336 e. The summed E-state index contributed by atoms with van der Waals surface area (Å²) in [6, 6.07) is 6.30. The molecule has 104 valence electrons. The molecule has 1 aliphatic rings. The number of sulfone groups is 1. The maximum Gasteiger partial charge on any atom is 0.253 e. The van der Waals surface area contributed by atoms with E-state index in [4.69, 9.17) is 0 Å². The standard InChI is InChI=1S/C13H18N2O3S/c1-2-19(17,18)12-5-3-4-11(10-12)13(16)15-8-6-14-7-9-15/h3-5,10,14H,2,6-9H2,1H3. The molecule has 1 fully saturated rings. The first kappa shape index (κ1) is 14.0. The number of rotatable bonds is 3. The molecule has 0 radical (unpaired) electrons. The maximum atomic E-state index is 12.3. The third kappa shape index (κ3) is 3.13. The zero-order valence-corrected chi connectivity index (χ0v) is 11.7. The molecule has 1 amide bonds. The topological polar surface area (TPSA) is 66.5 Å². The molecule has 1 N–H and O–H groups in total. The lowest BCUT2D eigenvalue weighted by molar-refractivity contribution is 0.0735. The summed E-state index contributed by atoms with van der Waals surface area (Å²) in [5.41, 5.74) is 0.441. The van der Waals surface area contributed by atoms with Crippen molar-refractivity contribution in [2.24, 2.45) is 0 Å². The molecule has 1 heterocycles. The molecule has 19 heavy (non-hydrogen) atoms. The van der Waals surface area contributed by atoms with E-state index in [-0.39, 0.29) is 16.6 Å². The molecular weight excluding hydrogens is 264 g/mol. The van der Waals surface area contributed by atoms with Gasteiger partial charge in [0.05, 0.1) is 10.6 Å². The Morgan fingerprint density at radius 3 is 2.63 bits per heavy atom. The largest absolute Gasteiger partial charge is 0.336 e. The number of benzene rings is 1. The number of carbonyl (C=O) groups is 1. The van der Waals surface area contributed by atoms with Crippen LogP contribution in [0.15, 0.2) is 29.2 Å². The van der Waals surface area contributed by atoms with Crippen molar-refractivity contribution < 1.29 is 13.2 Å². The maximum absolute atomic E-state index is 12.3. The first-order valence-electron chi connectivity index (χ1n) is 6.37. The van der Waals surface area contributed by atoms with E-state index in [1.165, 1.54) is 12.1 Å². The lowest BCUT2D eigenvalue weighted by Crippen LogP contribution is -2.46. The second kappa shape index (κ2) is 5.71. The van der Waals surface area contributed by atoms with Crippen LogP contribution in [0.25, 0.3) is 0 Å². The van der Waals surface area contributed by atoms with Crippen LogP contribution in [-0.2, 0) is 9.84 Å². The third-order valence-corrected chi connectivity index (χ3v) is 4.96. The van der Waals surface area contributed by atoms with E-state index in [1.807, 2.05) is 0 Å². The minimum absolute atomic E-state index is 0.0400. The fourth-order valence-electron chi connectivity index (χ4n) is 2.04. The molecule has 2 rings (SSSR count). The smallest absolute Gasteiger partial charge is 0.253 e. The fourth-order valence-corrected chi connectivity index (χ4v) is 2.97. The average molecular weight is 282 g/mol. The number of amides is 1. The summed E-state index contributed by atoms with van der Waals surface area (Å²) in [5, 5.41) is 3.18. The molecule has 5 nitrogen and oxygen atoms in total. The summed E-state index contributed by atoms with van der Waals surface area (Å²) in [4.78, 5) is 14.2. The third-order valence-electron chi connectivity index (χ3n) is 3.22. The highest BCUT2D eigenvalue weighted by Crippen LogP contribution is 2.15. The van der Waals surface area contributed by atoms with Gasteiger partial charge in [0.25, 0.3) is 5.91 Å². The summed E-state index contributed by atoms with van der Waals surface area (Å²) >= 11 is 0. The monoisotopic (exact) mass is 282 g/mol. The van der Waals surface area contributed by atoms with Gasteiger partial charge in [-0.25, -0.2) is 8.42 Å². The Balaban J connectivity index is 2.25. The second-order valence-corrected chi connectivity index (χ2v) is 6.75.